The molecule has 1 fully saturated rings. The number of ether oxygens (including phenoxy) is 1. The molecule has 0 atom stereocenters. The molecular weight excluding hydrogens is 292 g/mol. The van der Waals surface area contributed by atoms with Crippen molar-refractivity contribution in [2.45, 2.75) is 24.2 Å². The third-order valence-corrected chi connectivity index (χ3v) is 4.10. The van der Waals surface area contributed by atoms with E-state index in [9.17, 15) is 5.26 Å². The zero-order chi connectivity index (χ0) is 13.0. The van der Waals surface area contributed by atoms with E-state index in [1.165, 1.54) is 0 Å². The molecule has 18 heavy (non-hydrogen) atoms. The molecule has 1 aromatic carbocycles. The van der Waals surface area contributed by atoms with Crippen molar-refractivity contribution in [2.75, 3.05) is 25.2 Å². The van der Waals surface area contributed by atoms with E-state index >= 15 is 0 Å². The van der Waals surface area contributed by atoms with Gasteiger partial charge in [0, 0.05) is 31.6 Å². The molecule has 0 aromatic heterocycles. The van der Waals surface area contributed by atoms with Gasteiger partial charge in [-0.15, -0.1) is 0 Å². The topological polar surface area (TPSA) is 36.3 Å². The molecule has 1 saturated heterocycles. The lowest BCUT2D eigenvalue weighted by atomic mass is 10.0. The first kappa shape index (κ1) is 13.4. The maximum absolute atomic E-state index is 9.27. The van der Waals surface area contributed by atoms with E-state index in [4.69, 9.17) is 4.74 Å². The van der Waals surface area contributed by atoms with Gasteiger partial charge < -0.3 is 9.64 Å². The Morgan fingerprint density at radius 1 is 1.44 bits per heavy atom. The first-order valence-corrected chi connectivity index (χ1v) is 7.28. The number of rotatable bonds is 3. The molecule has 3 nitrogen and oxygen atoms in total. The van der Waals surface area contributed by atoms with Crippen LogP contribution in [-0.2, 0) is 10.1 Å². The number of nitrogens with zero attached hydrogens (tertiary/aromatic N) is 2. The van der Waals surface area contributed by atoms with Crippen LogP contribution in [0.15, 0.2) is 18.2 Å². The first-order valence-electron chi connectivity index (χ1n) is 6.16. The predicted octanol–water partition coefficient (Wildman–Crippen LogP) is 3.07. The predicted molar refractivity (Wildman–Crippen MR) is 76.0 cm³/mol. The molecule has 0 bridgehead atoms. The van der Waals surface area contributed by atoms with Crippen LogP contribution in [0, 0.1) is 11.3 Å². The lowest BCUT2D eigenvalue weighted by Gasteiger charge is -2.33. The standard InChI is InChI=1S/C14H17BrN2O/c1-17(13-4-6-18-7-5-13)14-3-2-11(9-15)8-12(14)10-16/h2-3,8,13H,4-7,9H2,1H3. The molecule has 0 amide bonds. The minimum atomic E-state index is 0.473. The average molecular weight is 309 g/mol. The Bertz CT molecular complexity index is 450. The van der Waals surface area contributed by atoms with Gasteiger partial charge in [-0.25, -0.2) is 0 Å². The van der Waals surface area contributed by atoms with E-state index in [1.807, 2.05) is 12.1 Å². The fraction of sp³-hybridized carbons (Fsp3) is 0.500. The fourth-order valence-corrected chi connectivity index (χ4v) is 2.68. The van der Waals surface area contributed by atoms with Crippen molar-refractivity contribution in [2.24, 2.45) is 0 Å². The van der Waals surface area contributed by atoms with Gasteiger partial charge in [0.25, 0.3) is 0 Å². The summed E-state index contributed by atoms with van der Waals surface area (Å²) in [4.78, 5) is 2.22. The molecule has 0 unspecified atom stereocenters. The summed E-state index contributed by atoms with van der Waals surface area (Å²) >= 11 is 3.42. The van der Waals surface area contributed by atoms with E-state index in [1.54, 1.807) is 0 Å². The molecule has 0 saturated carbocycles. The number of hydrogen-bond acceptors (Lipinski definition) is 3. The van der Waals surface area contributed by atoms with Crippen LogP contribution >= 0.6 is 15.9 Å². The molecular formula is C14H17BrN2O. The summed E-state index contributed by atoms with van der Waals surface area (Å²) < 4.78 is 5.38. The van der Waals surface area contributed by atoms with Crippen LogP contribution in [0.5, 0.6) is 0 Å². The number of anilines is 1. The van der Waals surface area contributed by atoms with Gasteiger partial charge in [-0.2, -0.15) is 5.26 Å². The van der Waals surface area contributed by atoms with E-state index < -0.39 is 0 Å². The minimum absolute atomic E-state index is 0.473. The van der Waals surface area contributed by atoms with Gasteiger partial charge in [0.2, 0.25) is 0 Å². The molecule has 0 N–H and O–H groups in total. The van der Waals surface area contributed by atoms with Gasteiger partial charge in [-0.1, -0.05) is 22.0 Å². The molecule has 2 rings (SSSR count). The van der Waals surface area contributed by atoms with Crippen LogP contribution in [0.2, 0.25) is 0 Å². The van der Waals surface area contributed by atoms with Crippen molar-refractivity contribution in [1.82, 2.24) is 0 Å². The van der Waals surface area contributed by atoms with E-state index in [2.05, 4.69) is 40.0 Å². The zero-order valence-electron chi connectivity index (χ0n) is 10.5. The van der Waals surface area contributed by atoms with Gasteiger partial charge in [0.1, 0.15) is 6.07 Å². The minimum Gasteiger partial charge on any atom is -0.381 e. The maximum Gasteiger partial charge on any atom is 0.101 e. The highest BCUT2D eigenvalue weighted by Crippen LogP contribution is 2.26. The average Bonchev–Trinajstić information content (AvgIpc) is 2.46. The Morgan fingerprint density at radius 2 is 2.17 bits per heavy atom. The van der Waals surface area contributed by atoms with Crippen LogP contribution in [0.1, 0.15) is 24.0 Å². The number of benzene rings is 1. The third kappa shape index (κ3) is 2.85. The van der Waals surface area contributed by atoms with Crippen molar-refractivity contribution in [3.8, 4) is 6.07 Å². The Morgan fingerprint density at radius 3 is 2.78 bits per heavy atom. The second-order valence-corrected chi connectivity index (χ2v) is 5.11. The second-order valence-electron chi connectivity index (χ2n) is 4.55. The number of alkyl halides is 1. The van der Waals surface area contributed by atoms with Crippen LogP contribution in [0.3, 0.4) is 0 Å². The van der Waals surface area contributed by atoms with E-state index in [0.29, 0.717) is 6.04 Å². The molecule has 1 aliphatic heterocycles. The SMILES string of the molecule is CN(c1ccc(CBr)cc1C#N)C1CCOCC1. The Balaban J connectivity index is 2.23. The lowest BCUT2D eigenvalue weighted by Crippen LogP contribution is -2.37. The summed E-state index contributed by atoms with van der Waals surface area (Å²) in [5.41, 5.74) is 2.91. The number of nitriles is 1. The number of hydrogen-bond donors (Lipinski definition) is 0. The molecule has 0 radical (unpaired) electrons. The van der Waals surface area contributed by atoms with Gasteiger partial charge in [-0.3, -0.25) is 0 Å². The summed E-state index contributed by atoms with van der Waals surface area (Å²) in [5.74, 6) is 0. The van der Waals surface area contributed by atoms with Gasteiger partial charge in [0.15, 0.2) is 0 Å². The highest BCUT2D eigenvalue weighted by molar-refractivity contribution is 9.08. The summed E-state index contributed by atoms with van der Waals surface area (Å²) in [7, 11) is 2.07. The molecule has 1 aliphatic rings. The molecule has 1 aromatic rings. The normalized spacial score (nSPS) is 16.3. The van der Waals surface area contributed by atoms with Crippen molar-refractivity contribution >= 4 is 21.6 Å². The summed E-state index contributed by atoms with van der Waals surface area (Å²) in [6, 6.07) is 8.84. The van der Waals surface area contributed by atoms with E-state index in [-0.39, 0.29) is 0 Å². The lowest BCUT2D eigenvalue weighted by molar-refractivity contribution is 0.0855. The fourth-order valence-electron chi connectivity index (χ4n) is 2.33. The summed E-state index contributed by atoms with van der Waals surface area (Å²) in [6.07, 6.45) is 2.06. The molecule has 0 spiro atoms. The Labute approximate surface area is 116 Å². The third-order valence-electron chi connectivity index (χ3n) is 3.45. The second kappa shape index (κ2) is 6.21. The van der Waals surface area contributed by atoms with Gasteiger partial charge in [-0.05, 0) is 30.5 Å². The van der Waals surface area contributed by atoms with Crippen molar-refractivity contribution in [3.05, 3.63) is 29.3 Å². The Hall–Kier alpha value is -1.05. The molecule has 4 heteroatoms. The zero-order valence-corrected chi connectivity index (χ0v) is 12.1. The van der Waals surface area contributed by atoms with Crippen molar-refractivity contribution in [3.63, 3.8) is 0 Å². The highest BCUT2D eigenvalue weighted by atomic mass is 79.9. The van der Waals surface area contributed by atoms with Crippen LogP contribution in [-0.4, -0.2) is 26.3 Å². The Kier molecular flexibility index (Phi) is 4.62. The van der Waals surface area contributed by atoms with Crippen molar-refractivity contribution in [1.29, 1.82) is 5.26 Å². The molecule has 96 valence electrons. The highest BCUT2D eigenvalue weighted by Gasteiger charge is 2.20. The first-order chi connectivity index (χ1) is 8.76. The molecule has 1 heterocycles. The van der Waals surface area contributed by atoms with Crippen LogP contribution in [0.4, 0.5) is 5.69 Å². The molecule has 0 aliphatic carbocycles. The monoisotopic (exact) mass is 308 g/mol. The summed E-state index contributed by atoms with van der Waals surface area (Å²) in [5, 5.41) is 10.0. The van der Waals surface area contributed by atoms with Crippen molar-refractivity contribution < 1.29 is 4.74 Å². The smallest absolute Gasteiger partial charge is 0.101 e. The summed E-state index contributed by atoms with van der Waals surface area (Å²) in [6.45, 7) is 1.63. The van der Waals surface area contributed by atoms with Gasteiger partial charge >= 0.3 is 0 Å². The van der Waals surface area contributed by atoms with Crippen LogP contribution < -0.4 is 4.90 Å². The van der Waals surface area contributed by atoms with Gasteiger partial charge in [0.05, 0.1) is 11.3 Å². The maximum atomic E-state index is 9.27. The quantitative estimate of drug-likeness (QED) is 0.805. The number of halogens is 1. The van der Waals surface area contributed by atoms with Crippen LogP contribution in [0.25, 0.3) is 0 Å². The van der Waals surface area contributed by atoms with E-state index in [0.717, 1.165) is 48.2 Å². The largest absolute Gasteiger partial charge is 0.381 e.